The number of hydrogen-bond acceptors (Lipinski definition) is 4. The first-order valence-electron chi connectivity index (χ1n) is 4.19. The van der Waals surface area contributed by atoms with E-state index < -0.39 is 0 Å². The fraction of sp³-hybridized carbons (Fsp3) is 0.100. The fourth-order valence-corrected chi connectivity index (χ4v) is 2.40. The molecule has 0 unspecified atom stereocenters. The van der Waals surface area contributed by atoms with E-state index in [0.717, 1.165) is 5.69 Å². The number of hydrogen-bond donors (Lipinski definition) is 1. The number of rotatable bonds is 2. The Morgan fingerprint density at radius 3 is 2.79 bits per heavy atom. The van der Waals surface area contributed by atoms with Crippen molar-refractivity contribution in [1.82, 2.24) is 4.98 Å². The Labute approximate surface area is 90.7 Å². The van der Waals surface area contributed by atoms with Crippen LogP contribution in [0.25, 0.3) is 12.2 Å². The molecule has 0 aliphatic carbocycles. The molecule has 2 heterocycles. The molecule has 0 spiro atoms. The molecular weight excluding hydrogens is 212 g/mol. The molecule has 0 fully saturated rings. The van der Waals surface area contributed by atoms with E-state index in [0.29, 0.717) is 5.13 Å². The zero-order valence-electron chi connectivity index (χ0n) is 7.73. The first-order chi connectivity index (χ1) is 6.74. The van der Waals surface area contributed by atoms with Gasteiger partial charge in [0.25, 0.3) is 0 Å². The molecule has 0 atom stereocenters. The topological polar surface area (TPSA) is 38.9 Å². The van der Waals surface area contributed by atoms with Gasteiger partial charge in [0, 0.05) is 15.1 Å². The van der Waals surface area contributed by atoms with Crippen molar-refractivity contribution < 1.29 is 0 Å². The molecule has 72 valence electrons. The van der Waals surface area contributed by atoms with Gasteiger partial charge in [0.1, 0.15) is 0 Å². The molecule has 0 aliphatic rings. The highest BCUT2D eigenvalue weighted by atomic mass is 32.1. The van der Waals surface area contributed by atoms with Crippen LogP contribution < -0.4 is 5.73 Å². The van der Waals surface area contributed by atoms with Crippen molar-refractivity contribution in [3.05, 3.63) is 33.0 Å². The summed E-state index contributed by atoms with van der Waals surface area (Å²) in [5.74, 6) is 0. The van der Waals surface area contributed by atoms with Gasteiger partial charge < -0.3 is 5.73 Å². The van der Waals surface area contributed by atoms with Gasteiger partial charge in [-0.05, 0) is 31.2 Å². The Kier molecular flexibility index (Phi) is 2.65. The second kappa shape index (κ2) is 3.94. The van der Waals surface area contributed by atoms with E-state index in [1.807, 2.05) is 11.5 Å². The predicted molar refractivity (Wildman–Crippen MR) is 64.5 cm³/mol. The molecule has 0 saturated carbocycles. The van der Waals surface area contributed by atoms with Gasteiger partial charge in [0.05, 0.1) is 5.69 Å². The Morgan fingerprint density at radius 2 is 2.21 bits per heavy atom. The lowest BCUT2D eigenvalue weighted by Crippen LogP contribution is -1.80. The lowest BCUT2D eigenvalue weighted by Gasteiger charge is -1.83. The summed E-state index contributed by atoms with van der Waals surface area (Å²) in [5.41, 5.74) is 6.46. The van der Waals surface area contributed by atoms with Crippen LogP contribution in [0.3, 0.4) is 0 Å². The van der Waals surface area contributed by atoms with Gasteiger partial charge in [0.15, 0.2) is 5.13 Å². The summed E-state index contributed by atoms with van der Waals surface area (Å²) in [7, 11) is 0. The number of aromatic nitrogens is 1. The maximum atomic E-state index is 5.53. The highest BCUT2D eigenvalue weighted by molar-refractivity contribution is 7.13. The van der Waals surface area contributed by atoms with Crippen molar-refractivity contribution in [1.29, 1.82) is 0 Å². The Balaban J connectivity index is 2.14. The van der Waals surface area contributed by atoms with Crippen molar-refractivity contribution in [3.8, 4) is 0 Å². The van der Waals surface area contributed by atoms with E-state index in [2.05, 4.69) is 30.1 Å². The Bertz CT molecular complexity index is 412. The normalized spacial score (nSPS) is 11.2. The van der Waals surface area contributed by atoms with Crippen molar-refractivity contribution in [3.63, 3.8) is 0 Å². The van der Waals surface area contributed by atoms with Crippen LogP contribution >= 0.6 is 22.7 Å². The summed E-state index contributed by atoms with van der Waals surface area (Å²) < 4.78 is 0. The van der Waals surface area contributed by atoms with Gasteiger partial charge in [0.2, 0.25) is 0 Å². The van der Waals surface area contributed by atoms with Crippen LogP contribution in [0.2, 0.25) is 0 Å². The minimum atomic E-state index is 0.618. The highest BCUT2D eigenvalue weighted by Gasteiger charge is 1.94. The molecule has 2 nitrogen and oxygen atoms in total. The Hall–Kier alpha value is -1.13. The van der Waals surface area contributed by atoms with Gasteiger partial charge in [-0.25, -0.2) is 4.98 Å². The van der Waals surface area contributed by atoms with Gasteiger partial charge >= 0.3 is 0 Å². The van der Waals surface area contributed by atoms with Crippen LogP contribution in [-0.2, 0) is 0 Å². The molecule has 0 aromatic carbocycles. The number of nitrogen functional groups attached to an aromatic ring is 1. The minimum absolute atomic E-state index is 0.618. The number of thiophene rings is 1. The summed E-state index contributed by atoms with van der Waals surface area (Å²) >= 11 is 3.23. The second-order valence-electron chi connectivity index (χ2n) is 2.89. The van der Waals surface area contributed by atoms with E-state index in [4.69, 9.17) is 5.73 Å². The molecule has 0 aliphatic heterocycles. The molecule has 2 aromatic rings. The van der Waals surface area contributed by atoms with E-state index in [1.54, 1.807) is 11.3 Å². The molecule has 2 aromatic heterocycles. The molecule has 0 radical (unpaired) electrons. The maximum Gasteiger partial charge on any atom is 0.180 e. The van der Waals surface area contributed by atoms with Gasteiger partial charge in [-0.3, -0.25) is 0 Å². The summed E-state index contributed by atoms with van der Waals surface area (Å²) in [6, 6.07) is 4.21. The molecule has 2 N–H and O–H groups in total. The largest absolute Gasteiger partial charge is 0.375 e. The molecule has 0 saturated heterocycles. The average Bonchev–Trinajstić information content (AvgIpc) is 2.72. The van der Waals surface area contributed by atoms with Crippen LogP contribution in [0.15, 0.2) is 17.5 Å². The fourth-order valence-electron chi connectivity index (χ4n) is 1.09. The number of nitrogens with zero attached hydrogens (tertiary/aromatic N) is 1. The second-order valence-corrected chi connectivity index (χ2v) is 5.10. The smallest absolute Gasteiger partial charge is 0.180 e. The van der Waals surface area contributed by atoms with Gasteiger partial charge in [-0.2, -0.15) is 0 Å². The lowest BCUT2D eigenvalue weighted by atomic mass is 10.3. The van der Waals surface area contributed by atoms with E-state index >= 15 is 0 Å². The first kappa shape index (κ1) is 9.43. The summed E-state index contributed by atoms with van der Waals surface area (Å²) in [6.45, 7) is 2.10. The monoisotopic (exact) mass is 222 g/mol. The summed E-state index contributed by atoms with van der Waals surface area (Å²) in [6.07, 6.45) is 4.05. The third-order valence-electron chi connectivity index (χ3n) is 1.72. The first-order valence-corrected chi connectivity index (χ1v) is 5.89. The lowest BCUT2D eigenvalue weighted by molar-refractivity contribution is 1.39. The van der Waals surface area contributed by atoms with Crippen LogP contribution in [0.4, 0.5) is 5.13 Å². The van der Waals surface area contributed by atoms with Crippen molar-refractivity contribution in [2.75, 3.05) is 5.73 Å². The van der Waals surface area contributed by atoms with Gasteiger partial charge in [-0.15, -0.1) is 22.7 Å². The quantitative estimate of drug-likeness (QED) is 0.847. The predicted octanol–water partition coefficient (Wildman–Crippen LogP) is 3.27. The van der Waals surface area contributed by atoms with Crippen LogP contribution in [0.1, 0.15) is 15.4 Å². The number of anilines is 1. The standard InChI is InChI=1S/C10H10N2S2/c1-7-2-4-9(14-7)5-3-8-6-13-10(11)12-8/h2-6H,1H3,(H2,11,12). The molecule has 2 rings (SSSR count). The summed E-state index contributed by atoms with van der Waals surface area (Å²) in [4.78, 5) is 6.71. The van der Waals surface area contributed by atoms with Crippen LogP contribution in [-0.4, -0.2) is 4.98 Å². The Morgan fingerprint density at radius 1 is 1.36 bits per heavy atom. The van der Waals surface area contributed by atoms with E-state index in [9.17, 15) is 0 Å². The zero-order chi connectivity index (χ0) is 9.97. The van der Waals surface area contributed by atoms with Crippen molar-refractivity contribution in [2.45, 2.75) is 6.92 Å². The molecule has 0 bridgehead atoms. The van der Waals surface area contributed by atoms with E-state index in [1.165, 1.54) is 21.1 Å². The molecule has 0 amide bonds. The SMILES string of the molecule is Cc1ccc(C=Cc2csc(N)n2)s1. The third-order valence-corrected chi connectivity index (χ3v) is 3.38. The van der Waals surface area contributed by atoms with Crippen LogP contribution in [0.5, 0.6) is 0 Å². The van der Waals surface area contributed by atoms with Crippen molar-refractivity contribution >= 4 is 40.0 Å². The minimum Gasteiger partial charge on any atom is -0.375 e. The number of thiazole rings is 1. The highest BCUT2D eigenvalue weighted by Crippen LogP contribution is 2.19. The van der Waals surface area contributed by atoms with Crippen LogP contribution in [0, 0.1) is 6.92 Å². The number of nitrogens with two attached hydrogens (primary N) is 1. The van der Waals surface area contributed by atoms with E-state index in [-0.39, 0.29) is 0 Å². The van der Waals surface area contributed by atoms with Crippen molar-refractivity contribution in [2.24, 2.45) is 0 Å². The van der Waals surface area contributed by atoms with Gasteiger partial charge in [-0.1, -0.05) is 0 Å². The third kappa shape index (κ3) is 2.21. The zero-order valence-corrected chi connectivity index (χ0v) is 9.36. The number of aryl methyl sites for hydroxylation is 1. The molecule has 4 heteroatoms. The summed E-state index contributed by atoms with van der Waals surface area (Å²) in [5, 5.41) is 2.57. The molecule has 14 heavy (non-hydrogen) atoms. The molecular formula is C10H10N2S2. The maximum absolute atomic E-state index is 5.53. The average molecular weight is 222 g/mol.